The van der Waals surface area contributed by atoms with E-state index < -0.39 is 11.7 Å². The number of aromatic amines is 1. The molecule has 0 aliphatic rings. The molecule has 0 aliphatic carbocycles. The van der Waals surface area contributed by atoms with Crippen LogP contribution in [0.4, 0.5) is 17.6 Å². The van der Waals surface area contributed by atoms with Crippen LogP contribution in [0.2, 0.25) is 0 Å². The highest BCUT2D eigenvalue weighted by Crippen LogP contribution is 2.32. The van der Waals surface area contributed by atoms with E-state index in [9.17, 15) is 17.6 Å². The van der Waals surface area contributed by atoms with Crippen molar-refractivity contribution in [3.05, 3.63) is 59.9 Å². The van der Waals surface area contributed by atoms with Gasteiger partial charge in [-0.15, -0.1) is 0 Å². The maximum absolute atomic E-state index is 12.9. The maximum Gasteiger partial charge on any atom is 0.416 e. The zero-order chi connectivity index (χ0) is 14.3. The second-order valence-electron chi connectivity index (χ2n) is 4.49. The summed E-state index contributed by atoms with van der Waals surface area (Å²) in [6, 6.07) is 11.0. The maximum atomic E-state index is 12.9. The third kappa shape index (κ3) is 2.27. The van der Waals surface area contributed by atoms with Gasteiger partial charge in [0.1, 0.15) is 5.82 Å². The summed E-state index contributed by atoms with van der Waals surface area (Å²) in [5, 5.41) is 0.678. The highest BCUT2D eigenvalue weighted by atomic mass is 19.4. The lowest BCUT2D eigenvalue weighted by atomic mass is 10.1. The van der Waals surface area contributed by atoms with Gasteiger partial charge in [-0.25, -0.2) is 4.39 Å². The average Bonchev–Trinajstić information content (AvgIpc) is 2.81. The van der Waals surface area contributed by atoms with Gasteiger partial charge in [0.2, 0.25) is 0 Å². The van der Waals surface area contributed by atoms with Crippen molar-refractivity contribution in [1.82, 2.24) is 4.98 Å². The highest BCUT2D eigenvalue weighted by molar-refractivity contribution is 5.86. The number of fused-ring (bicyclic) bond motifs is 1. The van der Waals surface area contributed by atoms with Gasteiger partial charge in [-0.3, -0.25) is 0 Å². The molecule has 1 nitrogen and oxygen atoms in total. The summed E-state index contributed by atoms with van der Waals surface area (Å²) >= 11 is 0. The molecule has 1 N–H and O–H groups in total. The van der Waals surface area contributed by atoms with Gasteiger partial charge in [-0.05, 0) is 48.0 Å². The van der Waals surface area contributed by atoms with Gasteiger partial charge in [-0.1, -0.05) is 6.07 Å². The molecule has 0 atom stereocenters. The van der Waals surface area contributed by atoms with Crippen molar-refractivity contribution >= 4 is 10.9 Å². The molecule has 2 aromatic carbocycles. The van der Waals surface area contributed by atoms with E-state index in [0.29, 0.717) is 16.6 Å². The van der Waals surface area contributed by atoms with Crippen LogP contribution in [-0.2, 0) is 6.18 Å². The molecule has 1 aromatic heterocycles. The lowest BCUT2D eigenvalue weighted by molar-refractivity contribution is -0.137. The van der Waals surface area contributed by atoms with Gasteiger partial charge < -0.3 is 4.98 Å². The van der Waals surface area contributed by atoms with Crippen molar-refractivity contribution < 1.29 is 17.6 Å². The first kappa shape index (κ1) is 12.7. The third-order valence-corrected chi connectivity index (χ3v) is 3.11. The zero-order valence-electron chi connectivity index (χ0n) is 10.1. The smallest absolute Gasteiger partial charge is 0.355 e. The van der Waals surface area contributed by atoms with Crippen LogP contribution in [0.25, 0.3) is 22.2 Å². The molecule has 3 rings (SSSR count). The SMILES string of the molecule is Fc1ccc(-c2cc3ccc(C(F)(F)F)cc3[nH]2)cc1. The van der Waals surface area contributed by atoms with Gasteiger partial charge in [0, 0.05) is 16.6 Å². The summed E-state index contributed by atoms with van der Waals surface area (Å²) in [5.74, 6) is -0.357. The molecule has 0 aliphatic heterocycles. The minimum Gasteiger partial charge on any atom is -0.355 e. The second-order valence-corrected chi connectivity index (χ2v) is 4.49. The molecule has 20 heavy (non-hydrogen) atoms. The lowest BCUT2D eigenvalue weighted by Gasteiger charge is -2.05. The fourth-order valence-electron chi connectivity index (χ4n) is 2.09. The number of rotatable bonds is 1. The molecule has 0 spiro atoms. The molecule has 0 fully saturated rings. The standard InChI is InChI=1S/C15H9F4N/c16-12-5-2-9(3-6-12)13-7-10-1-4-11(15(17,18)19)8-14(10)20-13/h1-8,20H. The summed E-state index contributed by atoms with van der Waals surface area (Å²) in [7, 11) is 0. The van der Waals surface area contributed by atoms with Crippen LogP contribution in [-0.4, -0.2) is 4.98 Å². The molecule has 0 radical (unpaired) electrons. The van der Waals surface area contributed by atoms with Crippen LogP contribution < -0.4 is 0 Å². The highest BCUT2D eigenvalue weighted by Gasteiger charge is 2.30. The molecule has 0 bridgehead atoms. The zero-order valence-corrected chi connectivity index (χ0v) is 10.1. The van der Waals surface area contributed by atoms with Gasteiger partial charge in [0.15, 0.2) is 0 Å². The van der Waals surface area contributed by atoms with E-state index in [-0.39, 0.29) is 5.82 Å². The van der Waals surface area contributed by atoms with Crippen molar-refractivity contribution in [2.75, 3.05) is 0 Å². The summed E-state index contributed by atoms with van der Waals surface area (Å²) in [5.41, 5.74) is 1.08. The summed E-state index contributed by atoms with van der Waals surface area (Å²) in [6.45, 7) is 0. The van der Waals surface area contributed by atoms with Crippen molar-refractivity contribution in [2.24, 2.45) is 0 Å². The minimum atomic E-state index is -4.37. The molecule has 3 aromatic rings. The molecular formula is C15H9F4N. The van der Waals surface area contributed by atoms with Crippen LogP contribution in [0, 0.1) is 5.82 Å². The Bertz CT molecular complexity index is 754. The number of hydrogen-bond acceptors (Lipinski definition) is 0. The summed E-state index contributed by atoms with van der Waals surface area (Å²) in [4.78, 5) is 2.92. The predicted octanol–water partition coefficient (Wildman–Crippen LogP) is 4.99. The van der Waals surface area contributed by atoms with Crippen molar-refractivity contribution in [1.29, 1.82) is 0 Å². The van der Waals surface area contributed by atoms with Gasteiger partial charge in [-0.2, -0.15) is 13.2 Å². The topological polar surface area (TPSA) is 15.8 Å². The first-order valence-electron chi connectivity index (χ1n) is 5.89. The molecule has 102 valence electrons. The monoisotopic (exact) mass is 279 g/mol. The number of H-pyrrole nitrogens is 1. The molecule has 5 heteroatoms. The van der Waals surface area contributed by atoms with Crippen molar-refractivity contribution in [3.8, 4) is 11.3 Å². The lowest BCUT2D eigenvalue weighted by Crippen LogP contribution is -2.03. The van der Waals surface area contributed by atoms with E-state index in [1.165, 1.54) is 18.2 Å². The van der Waals surface area contributed by atoms with E-state index in [0.717, 1.165) is 17.7 Å². The first-order valence-corrected chi connectivity index (χ1v) is 5.89. The largest absolute Gasteiger partial charge is 0.416 e. The van der Waals surface area contributed by atoms with E-state index in [4.69, 9.17) is 0 Å². The second kappa shape index (κ2) is 4.37. The van der Waals surface area contributed by atoms with Crippen molar-refractivity contribution in [2.45, 2.75) is 6.18 Å². The normalized spacial score (nSPS) is 12.0. The summed E-state index contributed by atoms with van der Waals surface area (Å²) in [6.07, 6.45) is -4.37. The Kier molecular flexibility index (Phi) is 2.78. The van der Waals surface area contributed by atoms with Crippen LogP contribution in [0.1, 0.15) is 5.56 Å². The Morgan fingerprint density at radius 2 is 1.55 bits per heavy atom. The molecule has 0 saturated carbocycles. The molecular weight excluding hydrogens is 270 g/mol. The van der Waals surface area contributed by atoms with Crippen LogP contribution in [0.5, 0.6) is 0 Å². The average molecular weight is 279 g/mol. The fourth-order valence-corrected chi connectivity index (χ4v) is 2.09. The number of aromatic nitrogens is 1. The van der Waals surface area contributed by atoms with E-state index >= 15 is 0 Å². The van der Waals surface area contributed by atoms with Gasteiger partial charge in [0.05, 0.1) is 5.56 Å². The quantitative estimate of drug-likeness (QED) is 0.604. The molecule has 1 heterocycles. The molecule has 0 amide bonds. The third-order valence-electron chi connectivity index (χ3n) is 3.11. The number of nitrogens with one attached hydrogen (secondary N) is 1. The Hall–Kier alpha value is -2.30. The Morgan fingerprint density at radius 1 is 0.850 bits per heavy atom. The van der Waals surface area contributed by atoms with Crippen molar-refractivity contribution in [3.63, 3.8) is 0 Å². The van der Waals surface area contributed by atoms with E-state index in [2.05, 4.69) is 4.98 Å². The Morgan fingerprint density at radius 3 is 2.20 bits per heavy atom. The first-order chi connectivity index (χ1) is 9.43. The van der Waals surface area contributed by atoms with Crippen LogP contribution in [0.3, 0.4) is 0 Å². The minimum absolute atomic E-state index is 0.357. The fraction of sp³-hybridized carbons (Fsp3) is 0.0667. The molecule has 0 unspecified atom stereocenters. The van der Waals surface area contributed by atoms with Crippen LogP contribution >= 0.6 is 0 Å². The number of benzene rings is 2. The summed E-state index contributed by atoms with van der Waals surface area (Å²) < 4.78 is 50.8. The van der Waals surface area contributed by atoms with E-state index in [1.807, 2.05) is 0 Å². The Labute approximate surface area is 111 Å². The van der Waals surface area contributed by atoms with Crippen LogP contribution in [0.15, 0.2) is 48.5 Å². The van der Waals surface area contributed by atoms with Gasteiger partial charge in [0.25, 0.3) is 0 Å². The predicted molar refractivity (Wildman–Crippen MR) is 68.7 cm³/mol. The van der Waals surface area contributed by atoms with Gasteiger partial charge >= 0.3 is 6.18 Å². The van der Waals surface area contributed by atoms with E-state index in [1.54, 1.807) is 18.2 Å². The molecule has 0 saturated heterocycles. The number of alkyl halides is 3. The number of hydrogen-bond donors (Lipinski definition) is 1. The number of halogens is 4. The Balaban J connectivity index is 2.09.